The number of rotatable bonds is 0. The Balaban J connectivity index is -0.0000000160. The Labute approximate surface area is 67.1 Å². The molecule has 4 radical (unpaired) electrons. The smallest absolute Gasteiger partial charge is 0 e. The molecule has 8 heavy (non-hydrogen) atoms. The summed E-state index contributed by atoms with van der Waals surface area (Å²) in [5.74, 6) is 0. The van der Waals surface area contributed by atoms with Gasteiger partial charge in [-0.2, -0.15) is 0 Å². The molecule has 0 heterocycles. The third kappa shape index (κ3) is 3760. The van der Waals surface area contributed by atoms with Crippen molar-refractivity contribution in [1.29, 1.82) is 0 Å². The monoisotopic (exact) mass is 314 g/mol. The van der Waals surface area contributed by atoms with Crippen molar-refractivity contribution in [3.63, 3.8) is 0 Å². The van der Waals surface area contributed by atoms with Crippen molar-refractivity contribution >= 4 is 42.0 Å². The average molecular weight is 313 g/mol. The van der Waals surface area contributed by atoms with Crippen LogP contribution < -0.4 is 0 Å². The molecule has 0 atom stereocenters. The van der Waals surface area contributed by atoms with E-state index in [1.165, 1.54) is 0 Å². The third-order valence-electron chi connectivity index (χ3n) is 0. The minimum Gasteiger partial charge on any atom is 0 e. The molecule has 0 spiro atoms. The maximum atomic E-state index is 8.36. The Bertz CT molecular complexity index is 31.4. The van der Waals surface area contributed by atoms with Gasteiger partial charge in [0.2, 0.25) is 0 Å². The van der Waals surface area contributed by atoms with E-state index in [9.17, 15) is 0 Å². The van der Waals surface area contributed by atoms with Crippen molar-refractivity contribution in [2.75, 3.05) is 0 Å². The maximum Gasteiger partial charge on any atom is 0 e. The molecule has 0 bridgehead atoms. The molecule has 0 saturated carbocycles. The second-order valence-corrected chi connectivity index (χ2v) is 0.211. The SMILES string of the molecule is O.O=BO.O=BO.[Pb]. The molecular formula is H4B2O5Pb. The average Bonchev–Trinajstić information content (AvgIpc) is 1.39. The van der Waals surface area contributed by atoms with Crippen molar-refractivity contribution in [3.8, 4) is 0 Å². The molecule has 8 heteroatoms. The molecule has 0 aromatic rings. The molecular weight excluding hydrogens is 309 g/mol. The van der Waals surface area contributed by atoms with Gasteiger partial charge in [0.25, 0.3) is 0 Å². The normalized spacial score (nSPS) is 2.00. The Hall–Kier alpha value is 0.212. The first-order valence-electron chi connectivity index (χ1n) is 0.988. The molecule has 0 fully saturated rings. The Morgan fingerprint density at radius 3 is 1.00 bits per heavy atom. The summed E-state index contributed by atoms with van der Waals surface area (Å²) in [7, 11) is -0.500. The molecule has 0 rings (SSSR count). The van der Waals surface area contributed by atoms with Crippen molar-refractivity contribution in [1.82, 2.24) is 0 Å². The molecule has 0 aliphatic heterocycles. The topological polar surface area (TPSA) is 106 Å². The number of hydrogen-bond donors (Lipinski definition) is 2. The van der Waals surface area contributed by atoms with Gasteiger partial charge < -0.3 is 5.48 Å². The van der Waals surface area contributed by atoms with E-state index in [4.69, 9.17) is 19.5 Å². The summed E-state index contributed by atoms with van der Waals surface area (Å²) in [6.45, 7) is 0. The van der Waals surface area contributed by atoms with Crippen LogP contribution in [0.15, 0.2) is 0 Å². The molecule has 0 aromatic heterocycles. The first-order valence-corrected chi connectivity index (χ1v) is 0.988. The van der Waals surface area contributed by atoms with E-state index in [0.29, 0.717) is 0 Å². The van der Waals surface area contributed by atoms with Crippen LogP contribution in [0, 0.1) is 0 Å². The van der Waals surface area contributed by atoms with Gasteiger partial charge in [-0.15, -0.1) is 0 Å². The van der Waals surface area contributed by atoms with Crippen LogP contribution in [0.5, 0.6) is 0 Å². The molecule has 0 aromatic carbocycles. The van der Waals surface area contributed by atoms with Crippen LogP contribution in [0.2, 0.25) is 0 Å². The molecule has 5 nitrogen and oxygen atoms in total. The summed E-state index contributed by atoms with van der Waals surface area (Å²) >= 11 is 0. The van der Waals surface area contributed by atoms with Crippen LogP contribution in [-0.2, 0) is 9.41 Å². The van der Waals surface area contributed by atoms with Gasteiger partial charge in [-0.05, 0) is 0 Å². The summed E-state index contributed by atoms with van der Waals surface area (Å²) in [6, 6.07) is 0. The number of hydrogen-bond acceptors (Lipinski definition) is 2. The zero-order valence-electron chi connectivity index (χ0n) is 3.87. The van der Waals surface area contributed by atoms with E-state index in [1.54, 1.807) is 0 Å². The predicted molar refractivity (Wildman–Crippen MR) is 26.7 cm³/mol. The maximum absolute atomic E-state index is 8.36. The fourth-order valence-corrected chi connectivity index (χ4v) is 0. The predicted octanol–water partition coefficient (Wildman–Crippen LogP) is -3.32. The Kier molecular flexibility index (Phi) is 171. The summed E-state index contributed by atoms with van der Waals surface area (Å²) in [5.41, 5.74) is 0. The minimum atomic E-state index is -0.250. The van der Waals surface area contributed by atoms with Crippen LogP contribution in [-0.4, -0.2) is 57.5 Å². The molecule has 0 aliphatic carbocycles. The van der Waals surface area contributed by atoms with Crippen LogP contribution in [0.4, 0.5) is 0 Å². The van der Waals surface area contributed by atoms with E-state index in [0.717, 1.165) is 0 Å². The van der Waals surface area contributed by atoms with Crippen molar-refractivity contribution in [2.45, 2.75) is 0 Å². The van der Waals surface area contributed by atoms with E-state index in [1.807, 2.05) is 0 Å². The third-order valence-corrected chi connectivity index (χ3v) is 0. The summed E-state index contributed by atoms with van der Waals surface area (Å²) in [6.07, 6.45) is 0. The van der Waals surface area contributed by atoms with Gasteiger partial charge in [-0.3, -0.25) is 0 Å². The summed E-state index contributed by atoms with van der Waals surface area (Å²) in [4.78, 5) is 0. The van der Waals surface area contributed by atoms with Gasteiger partial charge in [0.1, 0.15) is 0 Å². The van der Waals surface area contributed by atoms with Crippen molar-refractivity contribution in [3.05, 3.63) is 0 Å². The van der Waals surface area contributed by atoms with Gasteiger partial charge >= 0.3 is 34.2 Å². The molecule has 0 amide bonds. The van der Waals surface area contributed by atoms with Gasteiger partial charge in [-0.25, -0.2) is 0 Å². The van der Waals surface area contributed by atoms with Gasteiger partial charge in [-0.1, -0.05) is 0 Å². The Morgan fingerprint density at radius 1 is 1.00 bits per heavy atom. The quantitative estimate of drug-likeness (QED) is 0.457. The van der Waals surface area contributed by atoms with Crippen LogP contribution in [0.25, 0.3) is 0 Å². The van der Waals surface area contributed by atoms with Gasteiger partial charge in [0, 0.05) is 27.3 Å². The molecule has 0 saturated heterocycles. The van der Waals surface area contributed by atoms with E-state index in [-0.39, 0.29) is 47.5 Å². The first kappa shape index (κ1) is 24.1. The molecule has 44 valence electrons. The second-order valence-electron chi connectivity index (χ2n) is 0.211. The van der Waals surface area contributed by atoms with Crippen LogP contribution in [0.3, 0.4) is 0 Å². The second kappa shape index (κ2) is 56.9. The molecule has 0 unspecified atom stereocenters. The fourth-order valence-electron chi connectivity index (χ4n) is 0. The van der Waals surface area contributed by atoms with Crippen LogP contribution >= 0.6 is 0 Å². The summed E-state index contributed by atoms with van der Waals surface area (Å²) < 4.78 is 16.7. The molecule has 4 N–H and O–H groups in total. The standard InChI is InChI=1S/2BHO2.H2O.Pb/c2*2-1-3;;/h2*2H;1H2;. The zero-order valence-corrected chi connectivity index (χ0v) is 7.75. The van der Waals surface area contributed by atoms with E-state index < -0.39 is 0 Å². The van der Waals surface area contributed by atoms with Gasteiger partial charge in [0.15, 0.2) is 0 Å². The van der Waals surface area contributed by atoms with Crippen LogP contribution in [0.1, 0.15) is 0 Å². The van der Waals surface area contributed by atoms with E-state index in [2.05, 4.69) is 0 Å². The zero-order chi connectivity index (χ0) is 5.41. The Morgan fingerprint density at radius 2 is 1.00 bits per heavy atom. The first-order chi connectivity index (χ1) is 2.83. The van der Waals surface area contributed by atoms with Gasteiger partial charge in [0.05, 0.1) is 0 Å². The summed E-state index contributed by atoms with van der Waals surface area (Å²) in [5, 5.41) is 13.8. The minimum absolute atomic E-state index is 0. The van der Waals surface area contributed by atoms with Crippen molar-refractivity contribution in [2.24, 2.45) is 0 Å². The molecule has 0 aliphatic rings. The van der Waals surface area contributed by atoms with Crippen molar-refractivity contribution < 1.29 is 24.9 Å². The fraction of sp³-hybridized carbons (Fsp3) is 0. The largest absolute Gasteiger partial charge is 0 e. The van der Waals surface area contributed by atoms with E-state index >= 15 is 0 Å².